The van der Waals surface area contributed by atoms with Gasteiger partial charge in [0.2, 0.25) is 0 Å². The highest BCUT2D eigenvalue weighted by molar-refractivity contribution is 8.03. The Kier molecular flexibility index (Phi) is 9.28. The van der Waals surface area contributed by atoms with Gasteiger partial charge in [-0.25, -0.2) is 0 Å². The van der Waals surface area contributed by atoms with Gasteiger partial charge in [0.1, 0.15) is 0 Å². The molecule has 46 heavy (non-hydrogen) atoms. The van der Waals surface area contributed by atoms with Gasteiger partial charge in [0, 0.05) is 44.3 Å². The van der Waals surface area contributed by atoms with Crippen LogP contribution in [0.1, 0.15) is 26.7 Å². The zero-order valence-corrected chi connectivity index (χ0v) is 29.0. The molecular weight excluding hydrogens is 645 g/mol. The second-order valence-electron chi connectivity index (χ2n) is 11.3. The Morgan fingerprint density at radius 2 is 1.41 bits per heavy atom. The summed E-state index contributed by atoms with van der Waals surface area (Å²) in [5, 5.41) is 2.99. The van der Waals surface area contributed by atoms with Gasteiger partial charge in [-0.2, -0.15) is 0 Å². The minimum absolute atomic E-state index is 0.211. The lowest BCUT2D eigenvalue weighted by atomic mass is 10.1. The number of hydrogen-bond acceptors (Lipinski definition) is 5. The molecule has 4 aromatic carbocycles. The minimum atomic E-state index is 0.211. The van der Waals surface area contributed by atoms with Gasteiger partial charge in [0.25, 0.3) is 0 Å². The number of halogens is 2. The van der Waals surface area contributed by atoms with Crippen molar-refractivity contribution in [3.63, 3.8) is 0 Å². The van der Waals surface area contributed by atoms with Gasteiger partial charge in [-0.05, 0) is 105 Å². The molecule has 0 saturated carbocycles. The molecule has 0 aromatic heterocycles. The molecule has 0 radical (unpaired) electrons. The van der Waals surface area contributed by atoms with Gasteiger partial charge in [-0.1, -0.05) is 101 Å². The van der Waals surface area contributed by atoms with Crippen LogP contribution in [0.2, 0.25) is 10.0 Å². The number of benzene rings is 4. The summed E-state index contributed by atoms with van der Waals surface area (Å²) in [6.45, 7) is 6.25. The Labute approximate surface area is 290 Å². The third kappa shape index (κ3) is 6.14. The Bertz CT molecular complexity index is 1830. The second-order valence-corrected chi connectivity index (χ2v) is 14.4. The first-order chi connectivity index (χ1) is 22.5. The second kappa shape index (κ2) is 13.7. The topological polar surface area (TPSA) is 9.72 Å². The standard InChI is InChI=1S/C39H35Cl2N3S2/c1-3-42-33-21-19-29(40)25-35(33)45-37(42)23-17-27-15-16-28(18-24-38-43(4-2)34-22-20-30(41)26-36(34)46-38)39(27)44(31-11-7-5-8-12-31)32-13-9-6-10-14-32/h5-14,17-26,37H,3-4,15-16H2,1-2H3/b23-17+,28-18+,38-24-. The molecule has 2 aliphatic heterocycles. The number of thioether (sulfide) groups is 2. The first-order valence-corrected chi connectivity index (χ1v) is 18.2. The van der Waals surface area contributed by atoms with Crippen LogP contribution < -0.4 is 14.7 Å². The molecule has 0 saturated heterocycles. The van der Waals surface area contributed by atoms with E-state index in [0.29, 0.717) is 0 Å². The molecule has 7 rings (SSSR count). The van der Waals surface area contributed by atoms with Crippen LogP contribution in [0.15, 0.2) is 153 Å². The Balaban J connectivity index is 1.31. The molecular formula is C39H35Cl2N3S2. The maximum atomic E-state index is 6.37. The van der Waals surface area contributed by atoms with E-state index in [1.807, 2.05) is 23.9 Å². The quantitative estimate of drug-likeness (QED) is 0.183. The maximum Gasteiger partial charge on any atom is 0.0985 e. The number of fused-ring (bicyclic) bond motifs is 2. The number of hydrogen-bond donors (Lipinski definition) is 0. The number of rotatable bonds is 8. The predicted octanol–water partition coefficient (Wildman–Crippen LogP) is 12.1. The van der Waals surface area contributed by atoms with Gasteiger partial charge < -0.3 is 14.7 Å². The van der Waals surface area contributed by atoms with Crippen molar-refractivity contribution in [3.05, 3.63) is 153 Å². The smallest absolute Gasteiger partial charge is 0.0985 e. The molecule has 232 valence electrons. The van der Waals surface area contributed by atoms with E-state index in [1.165, 1.54) is 43.0 Å². The minimum Gasteiger partial charge on any atom is -0.355 e. The van der Waals surface area contributed by atoms with Crippen molar-refractivity contribution in [2.24, 2.45) is 0 Å². The molecule has 0 bridgehead atoms. The van der Waals surface area contributed by atoms with E-state index in [-0.39, 0.29) is 5.37 Å². The number of likely N-dealkylation sites (N-methyl/N-ethyl adjacent to an activating group) is 1. The lowest BCUT2D eigenvalue weighted by Crippen LogP contribution is -2.27. The van der Waals surface area contributed by atoms with Crippen molar-refractivity contribution in [1.82, 2.24) is 0 Å². The molecule has 1 aliphatic carbocycles. The van der Waals surface area contributed by atoms with Crippen LogP contribution in [0, 0.1) is 0 Å². The lowest BCUT2D eigenvalue weighted by Gasteiger charge is -2.28. The van der Waals surface area contributed by atoms with E-state index in [1.54, 1.807) is 11.8 Å². The SMILES string of the molecule is CCN1/C(=C/C=C2\CCC(/C=C/C3Sc4cc(Cl)ccc4N3CC)=C2N(c2ccccc2)c2ccccc2)Sc2cc(Cl)ccc21. The Morgan fingerprint density at radius 1 is 0.761 bits per heavy atom. The van der Waals surface area contributed by atoms with E-state index < -0.39 is 0 Å². The van der Waals surface area contributed by atoms with Crippen molar-refractivity contribution >= 4 is 69.5 Å². The van der Waals surface area contributed by atoms with E-state index >= 15 is 0 Å². The van der Waals surface area contributed by atoms with Crippen LogP contribution in [0.5, 0.6) is 0 Å². The van der Waals surface area contributed by atoms with E-state index in [2.05, 4.69) is 138 Å². The van der Waals surface area contributed by atoms with E-state index in [4.69, 9.17) is 23.2 Å². The average molecular weight is 681 g/mol. The fraction of sp³-hybridized carbons (Fsp3) is 0.179. The Hall–Kier alpha value is -3.48. The summed E-state index contributed by atoms with van der Waals surface area (Å²) in [5.74, 6) is 0. The summed E-state index contributed by atoms with van der Waals surface area (Å²) >= 11 is 16.4. The Morgan fingerprint density at radius 3 is 2.07 bits per heavy atom. The third-order valence-corrected chi connectivity index (χ3v) is 11.4. The normalized spacial score (nSPS) is 19.2. The van der Waals surface area contributed by atoms with Crippen LogP contribution in [0.25, 0.3) is 0 Å². The number of nitrogens with zero attached hydrogens (tertiary/aromatic N) is 3. The summed E-state index contributed by atoms with van der Waals surface area (Å²) in [5.41, 5.74) is 8.69. The first-order valence-electron chi connectivity index (χ1n) is 15.7. The molecule has 1 atom stereocenters. The predicted molar refractivity (Wildman–Crippen MR) is 201 cm³/mol. The number of allylic oxidation sites excluding steroid dienone is 5. The van der Waals surface area contributed by atoms with Gasteiger partial charge in [-0.15, -0.1) is 0 Å². The molecule has 0 N–H and O–H groups in total. The summed E-state index contributed by atoms with van der Waals surface area (Å²) in [6, 6.07) is 33.9. The summed E-state index contributed by atoms with van der Waals surface area (Å²) in [6.07, 6.45) is 11.3. The number of para-hydroxylation sites is 2. The van der Waals surface area contributed by atoms with Crippen LogP contribution in [-0.2, 0) is 0 Å². The molecule has 0 spiro atoms. The maximum absolute atomic E-state index is 6.37. The molecule has 7 heteroatoms. The summed E-state index contributed by atoms with van der Waals surface area (Å²) in [4.78, 5) is 9.70. The van der Waals surface area contributed by atoms with Crippen molar-refractivity contribution in [2.75, 3.05) is 27.8 Å². The zero-order valence-electron chi connectivity index (χ0n) is 25.9. The van der Waals surface area contributed by atoms with Crippen LogP contribution >= 0.6 is 46.7 Å². The van der Waals surface area contributed by atoms with Crippen molar-refractivity contribution in [1.29, 1.82) is 0 Å². The molecule has 0 fully saturated rings. The molecule has 2 heterocycles. The molecule has 1 unspecified atom stereocenters. The highest BCUT2D eigenvalue weighted by atomic mass is 35.5. The van der Waals surface area contributed by atoms with Crippen molar-refractivity contribution < 1.29 is 0 Å². The lowest BCUT2D eigenvalue weighted by molar-refractivity contribution is 0.876. The summed E-state index contributed by atoms with van der Waals surface area (Å²) in [7, 11) is 0. The zero-order chi connectivity index (χ0) is 31.6. The largest absolute Gasteiger partial charge is 0.355 e. The fourth-order valence-electron chi connectivity index (χ4n) is 6.43. The van der Waals surface area contributed by atoms with Crippen molar-refractivity contribution in [3.8, 4) is 0 Å². The van der Waals surface area contributed by atoms with Gasteiger partial charge in [-0.3, -0.25) is 0 Å². The van der Waals surface area contributed by atoms with Gasteiger partial charge in [0.15, 0.2) is 0 Å². The van der Waals surface area contributed by atoms with Crippen LogP contribution in [0.3, 0.4) is 0 Å². The van der Waals surface area contributed by atoms with Crippen LogP contribution in [-0.4, -0.2) is 18.5 Å². The van der Waals surface area contributed by atoms with E-state index in [0.717, 1.165) is 47.4 Å². The monoisotopic (exact) mass is 679 g/mol. The summed E-state index contributed by atoms with van der Waals surface area (Å²) < 4.78 is 0. The molecule has 3 nitrogen and oxygen atoms in total. The highest BCUT2D eigenvalue weighted by Gasteiger charge is 2.30. The fourth-order valence-corrected chi connectivity index (χ4v) is 9.38. The molecule has 4 aromatic rings. The van der Waals surface area contributed by atoms with Gasteiger partial charge in [0.05, 0.1) is 27.5 Å². The first kappa shape index (κ1) is 31.1. The molecule has 3 aliphatic rings. The number of anilines is 4. The third-order valence-electron chi connectivity index (χ3n) is 8.55. The van der Waals surface area contributed by atoms with Crippen molar-refractivity contribution in [2.45, 2.75) is 41.9 Å². The van der Waals surface area contributed by atoms with E-state index in [9.17, 15) is 0 Å². The van der Waals surface area contributed by atoms with Crippen LogP contribution in [0.4, 0.5) is 22.7 Å². The highest BCUT2D eigenvalue weighted by Crippen LogP contribution is 2.48. The van der Waals surface area contributed by atoms with Gasteiger partial charge >= 0.3 is 0 Å². The average Bonchev–Trinajstić information content (AvgIpc) is 3.75. The molecule has 0 amide bonds.